The third-order valence-corrected chi connectivity index (χ3v) is 2.64. The molecule has 0 saturated heterocycles. The highest BCUT2D eigenvalue weighted by atomic mass is 16.3. The van der Waals surface area contributed by atoms with E-state index in [-0.39, 0.29) is 5.92 Å². The van der Waals surface area contributed by atoms with Gasteiger partial charge in [-0.15, -0.1) is 0 Å². The predicted molar refractivity (Wildman–Crippen MR) is 48.7 cm³/mol. The van der Waals surface area contributed by atoms with Gasteiger partial charge in [0.05, 0.1) is 6.10 Å². The van der Waals surface area contributed by atoms with Gasteiger partial charge in [0.2, 0.25) is 0 Å². The smallest absolute Gasteiger partial charge is 0.101 e. The minimum absolute atomic E-state index is 0.183. The van der Waals surface area contributed by atoms with E-state index in [1.165, 1.54) is 0 Å². The maximum absolute atomic E-state index is 9.66. The zero-order valence-electron chi connectivity index (χ0n) is 7.99. The van der Waals surface area contributed by atoms with E-state index < -0.39 is 12.2 Å². The van der Waals surface area contributed by atoms with E-state index in [1.54, 1.807) is 0 Å². The van der Waals surface area contributed by atoms with E-state index in [2.05, 4.69) is 6.08 Å². The van der Waals surface area contributed by atoms with Crippen molar-refractivity contribution in [1.82, 2.24) is 0 Å². The fourth-order valence-corrected chi connectivity index (χ4v) is 1.67. The molecular formula is C10H18O2. The van der Waals surface area contributed by atoms with Crippen LogP contribution in [0.1, 0.15) is 27.2 Å². The molecule has 0 heterocycles. The molecule has 1 rings (SSSR count). The molecule has 0 amide bonds. The average Bonchev–Trinajstić information content (AvgIpc) is 2.00. The van der Waals surface area contributed by atoms with Gasteiger partial charge in [-0.2, -0.15) is 0 Å². The molecule has 0 bridgehead atoms. The van der Waals surface area contributed by atoms with Crippen LogP contribution in [0, 0.1) is 11.8 Å². The Balaban J connectivity index is 2.77. The Kier molecular flexibility index (Phi) is 2.91. The summed E-state index contributed by atoms with van der Waals surface area (Å²) >= 11 is 0. The van der Waals surface area contributed by atoms with E-state index in [0.717, 1.165) is 12.0 Å². The Labute approximate surface area is 73.9 Å². The van der Waals surface area contributed by atoms with Gasteiger partial charge in [-0.1, -0.05) is 26.8 Å². The molecule has 0 aromatic rings. The minimum atomic E-state index is -0.645. The summed E-state index contributed by atoms with van der Waals surface area (Å²) in [6.07, 6.45) is 1.72. The molecule has 2 heteroatoms. The maximum atomic E-state index is 9.66. The minimum Gasteiger partial charge on any atom is -0.390 e. The van der Waals surface area contributed by atoms with E-state index in [0.29, 0.717) is 5.92 Å². The summed E-state index contributed by atoms with van der Waals surface area (Å²) < 4.78 is 0. The first kappa shape index (κ1) is 9.75. The third kappa shape index (κ3) is 1.70. The van der Waals surface area contributed by atoms with Crippen molar-refractivity contribution in [3.63, 3.8) is 0 Å². The SMILES string of the molecule is CC(C)C1=CCC(C)C(O)C1O. The van der Waals surface area contributed by atoms with Crippen LogP contribution in [0.5, 0.6) is 0 Å². The van der Waals surface area contributed by atoms with Gasteiger partial charge in [0.25, 0.3) is 0 Å². The molecule has 2 N–H and O–H groups in total. The van der Waals surface area contributed by atoms with Crippen molar-refractivity contribution in [3.8, 4) is 0 Å². The Morgan fingerprint density at radius 1 is 1.42 bits per heavy atom. The lowest BCUT2D eigenvalue weighted by Crippen LogP contribution is -2.37. The fraction of sp³-hybridized carbons (Fsp3) is 0.800. The molecule has 70 valence electrons. The zero-order chi connectivity index (χ0) is 9.30. The summed E-state index contributed by atoms with van der Waals surface area (Å²) in [5, 5.41) is 19.2. The molecule has 0 fully saturated rings. The molecule has 0 aromatic heterocycles. The first-order valence-electron chi connectivity index (χ1n) is 4.60. The van der Waals surface area contributed by atoms with Gasteiger partial charge in [-0.3, -0.25) is 0 Å². The van der Waals surface area contributed by atoms with Gasteiger partial charge >= 0.3 is 0 Å². The highest BCUT2D eigenvalue weighted by molar-refractivity contribution is 5.16. The molecular weight excluding hydrogens is 152 g/mol. The van der Waals surface area contributed by atoms with E-state index >= 15 is 0 Å². The first-order valence-corrected chi connectivity index (χ1v) is 4.60. The zero-order valence-corrected chi connectivity index (χ0v) is 7.99. The van der Waals surface area contributed by atoms with Gasteiger partial charge in [0.1, 0.15) is 6.10 Å². The van der Waals surface area contributed by atoms with Crippen LogP contribution in [0.4, 0.5) is 0 Å². The summed E-state index contributed by atoms with van der Waals surface area (Å²) in [5.74, 6) is 0.518. The van der Waals surface area contributed by atoms with Crippen LogP contribution in [0.2, 0.25) is 0 Å². The normalized spacial score (nSPS) is 36.8. The molecule has 3 atom stereocenters. The second kappa shape index (κ2) is 3.58. The van der Waals surface area contributed by atoms with Crippen molar-refractivity contribution in [2.75, 3.05) is 0 Å². The van der Waals surface area contributed by atoms with Crippen molar-refractivity contribution >= 4 is 0 Å². The average molecular weight is 170 g/mol. The second-order valence-electron chi connectivity index (χ2n) is 4.01. The third-order valence-electron chi connectivity index (χ3n) is 2.64. The molecule has 1 aliphatic carbocycles. The standard InChI is InChI=1S/C10H18O2/c1-6(2)8-5-4-7(3)9(11)10(8)12/h5-7,9-12H,4H2,1-3H3. The topological polar surface area (TPSA) is 40.5 Å². The highest BCUT2D eigenvalue weighted by Crippen LogP contribution is 2.28. The monoisotopic (exact) mass is 170 g/mol. The molecule has 2 nitrogen and oxygen atoms in total. The van der Waals surface area contributed by atoms with Crippen LogP contribution < -0.4 is 0 Å². The highest BCUT2D eigenvalue weighted by Gasteiger charge is 2.30. The van der Waals surface area contributed by atoms with Crippen molar-refractivity contribution < 1.29 is 10.2 Å². The Morgan fingerprint density at radius 2 is 2.00 bits per heavy atom. The molecule has 0 spiro atoms. The molecule has 0 aromatic carbocycles. The van der Waals surface area contributed by atoms with Crippen LogP contribution >= 0.6 is 0 Å². The predicted octanol–water partition coefficient (Wildman–Crippen LogP) is 1.33. The van der Waals surface area contributed by atoms with Gasteiger partial charge in [0.15, 0.2) is 0 Å². The summed E-state index contributed by atoms with van der Waals surface area (Å²) in [6, 6.07) is 0. The fourth-order valence-electron chi connectivity index (χ4n) is 1.67. The first-order chi connectivity index (χ1) is 5.54. The van der Waals surface area contributed by atoms with E-state index in [1.807, 2.05) is 20.8 Å². The Bertz CT molecular complexity index is 184. The molecule has 1 aliphatic rings. The van der Waals surface area contributed by atoms with Crippen LogP contribution in [-0.2, 0) is 0 Å². The van der Waals surface area contributed by atoms with Gasteiger partial charge < -0.3 is 10.2 Å². The lowest BCUT2D eigenvalue weighted by atomic mass is 9.82. The Hall–Kier alpha value is -0.340. The van der Waals surface area contributed by atoms with Crippen molar-refractivity contribution in [1.29, 1.82) is 0 Å². The number of rotatable bonds is 1. The van der Waals surface area contributed by atoms with E-state index in [4.69, 9.17) is 0 Å². The number of aliphatic hydroxyl groups excluding tert-OH is 2. The Morgan fingerprint density at radius 3 is 2.50 bits per heavy atom. The molecule has 0 aliphatic heterocycles. The quantitative estimate of drug-likeness (QED) is 0.583. The number of hydrogen-bond donors (Lipinski definition) is 2. The molecule has 12 heavy (non-hydrogen) atoms. The van der Waals surface area contributed by atoms with Gasteiger partial charge in [-0.25, -0.2) is 0 Å². The van der Waals surface area contributed by atoms with Crippen LogP contribution in [0.25, 0.3) is 0 Å². The largest absolute Gasteiger partial charge is 0.390 e. The lowest BCUT2D eigenvalue weighted by molar-refractivity contribution is -0.00331. The van der Waals surface area contributed by atoms with Crippen LogP contribution in [0.3, 0.4) is 0 Å². The molecule has 0 saturated carbocycles. The summed E-state index contributed by atoms with van der Waals surface area (Å²) in [4.78, 5) is 0. The van der Waals surface area contributed by atoms with Crippen molar-refractivity contribution in [3.05, 3.63) is 11.6 Å². The van der Waals surface area contributed by atoms with E-state index in [9.17, 15) is 10.2 Å². The summed E-state index contributed by atoms with van der Waals surface area (Å²) in [5.41, 5.74) is 0.987. The molecule has 3 unspecified atom stereocenters. The second-order valence-corrected chi connectivity index (χ2v) is 4.01. The van der Waals surface area contributed by atoms with Crippen LogP contribution in [-0.4, -0.2) is 22.4 Å². The maximum Gasteiger partial charge on any atom is 0.101 e. The van der Waals surface area contributed by atoms with Crippen molar-refractivity contribution in [2.24, 2.45) is 11.8 Å². The number of aliphatic hydroxyl groups is 2. The van der Waals surface area contributed by atoms with Gasteiger partial charge in [-0.05, 0) is 23.8 Å². The van der Waals surface area contributed by atoms with Gasteiger partial charge in [0, 0.05) is 0 Å². The van der Waals surface area contributed by atoms with Crippen molar-refractivity contribution in [2.45, 2.75) is 39.4 Å². The van der Waals surface area contributed by atoms with Crippen LogP contribution in [0.15, 0.2) is 11.6 Å². The molecule has 0 radical (unpaired) electrons. The number of allylic oxidation sites excluding steroid dienone is 1. The lowest BCUT2D eigenvalue weighted by Gasteiger charge is -2.31. The number of hydrogen-bond acceptors (Lipinski definition) is 2. The summed E-state index contributed by atoms with van der Waals surface area (Å²) in [6.45, 7) is 6.04. The summed E-state index contributed by atoms with van der Waals surface area (Å²) in [7, 11) is 0.